The predicted octanol–water partition coefficient (Wildman–Crippen LogP) is 0.921. The van der Waals surface area contributed by atoms with E-state index in [1.807, 2.05) is 25.7 Å². The molecule has 0 saturated carbocycles. The molecule has 4 heteroatoms. The Bertz CT molecular complexity index is 238. The number of ether oxygens (including phenoxy) is 1. The second kappa shape index (κ2) is 3.12. The van der Waals surface area contributed by atoms with E-state index in [0.29, 0.717) is 6.04 Å². The minimum absolute atomic E-state index is 0.151. The summed E-state index contributed by atoms with van der Waals surface area (Å²) in [6.07, 6.45) is -0.151. The molecule has 0 aliphatic carbocycles. The summed E-state index contributed by atoms with van der Waals surface area (Å²) in [4.78, 5) is 16.0. The molecule has 3 rings (SSSR count). The lowest BCUT2D eigenvalue weighted by Gasteiger charge is -2.51. The highest BCUT2D eigenvalue weighted by molar-refractivity contribution is 5.69. The minimum Gasteiger partial charge on any atom is -0.444 e. The largest absolute Gasteiger partial charge is 0.444 e. The van der Waals surface area contributed by atoms with Gasteiger partial charge in [-0.1, -0.05) is 0 Å². The van der Waals surface area contributed by atoms with Crippen molar-refractivity contribution in [3.8, 4) is 0 Å². The fourth-order valence-corrected chi connectivity index (χ4v) is 1.91. The molecule has 3 heterocycles. The van der Waals surface area contributed by atoms with Crippen LogP contribution in [0, 0.1) is 0 Å². The van der Waals surface area contributed by atoms with E-state index in [1.165, 1.54) is 0 Å². The summed E-state index contributed by atoms with van der Waals surface area (Å²) in [6, 6.07) is 0.401. The van der Waals surface area contributed by atoms with Crippen LogP contribution in [0.5, 0.6) is 0 Å². The van der Waals surface area contributed by atoms with Crippen molar-refractivity contribution < 1.29 is 9.53 Å². The highest BCUT2D eigenvalue weighted by Gasteiger charge is 2.40. The van der Waals surface area contributed by atoms with Crippen LogP contribution in [-0.4, -0.2) is 53.7 Å². The second-order valence-corrected chi connectivity index (χ2v) is 5.09. The molecule has 0 aromatic carbocycles. The number of hydrogen-bond donors (Lipinski definition) is 0. The third-order valence-electron chi connectivity index (χ3n) is 2.66. The van der Waals surface area contributed by atoms with Crippen LogP contribution in [-0.2, 0) is 4.74 Å². The Morgan fingerprint density at radius 1 is 1.29 bits per heavy atom. The zero-order chi connectivity index (χ0) is 10.3. The first-order chi connectivity index (χ1) is 6.46. The zero-order valence-corrected chi connectivity index (χ0v) is 9.12. The SMILES string of the molecule is CC(C)(C)OC(=O)N1CCN2CC1C2. The minimum atomic E-state index is -0.377. The first-order valence-corrected chi connectivity index (χ1v) is 5.18. The molecule has 3 aliphatic rings. The Labute approximate surface area is 84.8 Å². The van der Waals surface area contributed by atoms with Gasteiger partial charge in [-0.25, -0.2) is 4.79 Å². The van der Waals surface area contributed by atoms with Crippen LogP contribution in [0.25, 0.3) is 0 Å². The normalized spacial score (nSPS) is 30.9. The number of piperazine rings is 2. The lowest BCUT2D eigenvalue weighted by molar-refractivity contribution is -0.0445. The molecule has 0 unspecified atom stereocenters. The van der Waals surface area contributed by atoms with Gasteiger partial charge in [0.05, 0.1) is 6.04 Å². The quantitative estimate of drug-likeness (QED) is 0.580. The summed E-state index contributed by atoms with van der Waals surface area (Å²) in [5.41, 5.74) is -0.377. The molecule has 0 radical (unpaired) electrons. The number of carbonyl (C=O) groups is 1. The number of amides is 1. The van der Waals surface area contributed by atoms with Gasteiger partial charge in [0.25, 0.3) is 0 Å². The number of carbonyl (C=O) groups excluding carboxylic acids is 1. The fraction of sp³-hybridized carbons (Fsp3) is 0.900. The Hall–Kier alpha value is -0.770. The summed E-state index contributed by atoms with van der Waals surface area (Å²) >= 11 is 0. The average Bonchev–Trinajstić information content (AvgIpc) is 1.99. The maximum Gasteiger partial charge on any atom is 0.410 e. The van der Waals surface area contributed by atoms with Crippen LogP contribution in [0.2, 0.25) is 0 Å². The van der Waals surface area contributed by atoms with Gasteiger partial charge in [-0.15, -0.1) is 0 Å². The highest BCUT2D eigenvalue weighted by atomic mass is 16.6. The van der Waals surface area contributed by atoms with Crippen molar-refractivity contribution in [2.45, 2.75) is 32.4 Å². The molecule has 0 spiro atoms. The molecule has 3 saturated heterocycles. The third kappa shape index (κ3) is 1.85. The maximum absolute atomic E-state index is 11.7. The zero-order valence-electron chi connectivity index (χ0n) is 9.12. The molecule has 0 atom stereocenters. The molecular weight excluding hydrogens is 180 g/mol. The lowest BCUT2D eigenvalue weighted by atomic mass is 10.0. The first kappa shape index (κ1) is 9.77. The van der Waals surface area contributed by atoms with Crippen LogP contribution >= 0.6 is 0 Å². The molecule has 3 fully saturated rings. The predicted molar refractivity (Wildman–Crippen MR) is 53.2 cm³/mol. The molecule has 0 aromatic rings. The molecule has 0 N–H and O–H groups in total. The van der Waals surface area contributed by atoms with Crippen molar-refractivity contribution in [3.05, 3.63) is 0 Å². The summed E-state index contributed by atoms with van der Waals surface area (Å²) in [5, 5.41) is 0. The van der Waals surface area contributed by atoms with E-state index < -0.39 is 0 Å². The maximum atomic E-state index is 11.7. The number of fused-ring (bicyclic) bond motifs is 2. The van der Waals surface area contributed by atoms with Crippen LogP contribution in [0.1, 0.15) is 20.8 Å². The van der Waals surface area contributed by atoms with Gasteiger partial charge in [0.15, 0.2) is 0 Å². The van der Waals surface area contributed by atoms with E-state index in [9.17, 15) is 4.79 Å². The Morgan fingerprint density at radius 2 is 1.93 bits per heavy atom. The monoisotopic (exact) mass is 198 g/mol. The third-order valence-corrected chi connectivity index (χ3v) is 2.66. The van der Waals surface area contributed by atoms with Gasteiger partial charge >= 0.3 is 6.09 Å². The molecule has 3 aliphatic heterocycles. The number of hydrogen-bond acceptors (Lipinski definition) is 3. The van der Waals surface area contributed by atoms with E-state index in [4.69, 9.17) is 4.74 Å². The lowest BCUT2D eigenvalue weighted by Crippen LogP contribution is -2.68. The Balaban J connectivity index is 1.91. The van der Waals surface area contributed by atoms with E-state index in [2.05, 4.69) is 4.90 Å². The molecule has 1 amide bonds. The van der Waals surface area contributed by atoms with Crippen LogP contribution < -0.4 is 0 Å². The van der Waals surface area contributed by atoms with Gasteiger partial charge in [-0.05, 0) is 20.8 Å². The Morgan fingerprint density at radius 3 is 2.36 bits per heavy atom. The van der Waals surface area contributed by atoms with Crippen LogP contribution in [0.4, 0.5) is 4.79 Å². The van der Waals surface area contributed by atoms with Crippen molar-refractivity contribution in [2.24, 2.45) is 0 Å². The second-order valence-electron chi connectivity index (χ2n) is 5.09. The van der Waals surface area contributed by atoms with E-state index in [-0.39, 0.29) is 11.7 Å². The van der Waals surface area contributed by atoms with Gasteiger partial charge in [0.1, 0.15) is 5.60 Å². The van der Waals surface area contributed by atoms with Gasteiger partial charge in [-0.3, -0.25) is 4.90 Å². The summed E-state index contributed by atoms with van der Waals surface area (Å²) in [5.74, 6) is 0. The van der Waals surface area contributed by atoms with E-state index in [0.717, 1.165) is 26.2 Å². The summed E-state index contributed by atoms with van der Waals surface area (Å²) in [6.45, 7) is 9.58. The summed E-state index contributed by atoms with van der Waals surface area (Å²) in [7, 11) is 0. The number of nitrogens with zero attached hydrogens (tertiary/aromatic N) is 2. The standard InChI is InChI=1S/C10H18N2O2/c1-10(2,3)14-9(13)12-5-4-11-6-8(12)7-11/h8H,4-7H2,1-3H3. The molecule has 2 bridgehead atoms. The molecule has 0 aromatic heterocycles. The van der Waals surface area contributed by atoms with Gasteiger partial charge in [0, 0.05) is 26.2 Å². The van der Waals surface area contributed by atoms with Gasteiger partial charge in [-0.2, -0.15) is 0 Å². The molecule has 80 valence electrons. The first-order valence-electron chi connectivity index (χ1n) is 5.18. The van der Waals surface area contributed by atoms with Crippen LogP contribution in [0.15, 0.2) is 0 Å². The summed E-state index contributed by atoms with van der Waals surface area (Å²) < 4.78 is 5.34. The van der Waals surface area contributed by atoms with Crippen molar-refractivity contribution >= 4 is 6.09 Å². The van der Waals surface area contributed by atoms with Crippen molar-refractivity contribution in [3.63, 3.8) is 0 Å². The highest BCUT2D eigenvalue weighted by Crippen LogP contribution is 2.22. The topological polar surface area (TPSA) is 32.8 Å². The molecule has 4 nitrogen and oxygen atoms in total. The van der Waals surface area contributed by atoms with Crippen LogP contribution in [0.3, 0.4) is 0 Å². The average molecular weight is 198 g/mol. The van der Waals surface area contributed by atoms with Crippen molar-refractivity contribution in [1.82, 2.24) is 9.80 Å². The molecular formula is C10H18N2O2. The van der Waals surface area contributed by atoms with Crippen molar-refractivity contribution in [1.29, 1.82) is 0 Å². The fourth-order valence-electron chi connectivity index (χ4n) is 1.91. The number of rotatable bonds is 0. The molecule has 14 heavy (non-hydrogen) atoms. The van der Waals surface area contributed by atoms with Crippen molar-refractivity contribution in [2.75, 3.05) is 26.2 Å². The Kier molecular flexibility index (Phi) is 2.18. The van der Waals surface area contributed by atoms with E-state index in [1.54, 1.807) is 0 Å². The van der Waals surface area contributed by atoms with Gasteiger partial charge in [0.2, 0.25) is 0 Å². The van der Waals surface area contributed by atoms with Gasteiger partial charge < -0.3 is 9.64 Å². The van der Waals surface area contributed by atoms with E-state index >= 15 is 0 Å². The smallest absolute Gasteiger partial charge is 0.410 e.